The van der Waals surface area contributed by atoms with Crippen molar-refractivity contribution in [3.05, 3.63) is 42.0 Å². The molecular weight excluding hydrogens is 326 g/mol. The first-order valence-corrected chi connectivity index (χ1v) is 9.79. The first-order valence-electron chi connectivity index (χ1n) is 9.79. The van der Waals surface area contributed by atoms with Gasteiger partial charge in [-0.15, -0.1) is 0 Å². The van der Waals surface area contributed by atoms with Gasteiger partial charge in [-0.25, -0.2) is 4.79 Å². The first-order chi connectivity index (χ1) is 12.5. The quantitative estimate of drug-likeness (QED) is 0.816. The molecule has 4 aliphatic carbocycles. The lowest BCUT2D eigenvalue weighted by atomic mass is 9.49. The van der Waals surface area contributed by atoms with Gasteiger partial charge in [0.15, 0.2) is 0 Å². The second kappa shape index (κ2) is 6.90. The summed E-state index contributed by atoms with van der Waals surface area (Å²) in [6.45, 7) is 0. The number of amides is 1. The monoisotopic (exact) mass is 353 g/mol. The minimum Gasteiger partial charge on any atom is -0.480 e. The predicted molar refractivity (Wildman–Crippen MR) is 100 cm³/mol. The van der Waals surface area contributed by atoms with Gasteiger partial charge in [0.1, 0.15) is 6.04 Å². The SMILES string of the molecule is O=C(O)[C@H](C/C=C/c1ccccc1)NC(=O)C12CC3CC(CC(C3)C1)C2. The van der Waals surface area contributed by atoms with Crippen LogP contribution in [0, 0.1) is 23.2 Å². The number of benzene rings is 1. The summed E-state index contributed by atoms with van der Waals surface area (Å²) >= 11 is 0. The minimum atomic E-state index is -0.958. The molecule has 1 aromatic rings. The molecule has 0 saturated heterocycles. The summed E-state index contributed by atoms with van der Waals surface area (Å²) in [6, 6.07) is 8.94. The van der Waals surface area contributed by atoms with Crippen LogP contribution in [0.1, 0.15) is 50.5 Å². The van der Waals surface area contributed by atoms with E-state index >= 15 is 0 Å². The van der Waals surface area contributed by atoms with Crippen molar-refractivity contribution in [2.24, 2.45) is 23.2 Å². The summed E-state index contributed by atoms with van der Waals surface area (Å²) in [5.74, 6) is 1.05. The zero-order valence-electron chi connectivity index (χ0n) is 15.1. The number of aliphatic carboxylic acids is 1. The van der Waals surface area contributed by atoms with Crippen LogP contribution in [0.3, 0.4) is 0 Å². The molecule has 0 heterocycles. The molecule has 2 N–H and O–H groups in total. The smallest absolute Gasteiger partial charge is 0.326 e. The molecule has 1 aromatic carbocycles. The molecule has 0 aliphatic heterocycles. The maximum absolute atomic E-state index is 13.0. The predicted octanol–water partition coefficient (Wildman–Crippen LogP) is 3.88. The lowest BCUT2D eigenvalue weighted by Gasteiger charge is -2.55. The molecule has 138 valence electrons. The van der Waals surface area contributed by atoms with Crippen molar-refractivity contribution in [3.63, 3.8) is 0 Å². The Morgan fingerprint density at radius 1 is 1.08 bits per heavy atom. The third-order valence-corrected chi connectivity index (χ3v) is 6.60. The molecule has 1 amide bonds. The standard InChI is InChI=1S/C22H27NO3/c24-20(25)19(8-4-7-15-5-2-1-3-6-15)23-21(26)22-12-16-9-17(13-22)11-18(10-16)14-22/h1-7,16-19H,8-14H2,(H,23,26)(H,24,25)/b7-4+/t16?,17?,18?,19-,22?/m0/s1. The Morgan fingerprint density at radius 2 is 1.65 bits per heavy atom. The molecule has 0 aromatic heterocycles. The summed E-state index contributed by atoms with van der Waals surface area (Å²) in [7, 11) is 0. The van der Waals surface area contributed by atoms with Crippen molar-refractivity contribution in [2.45, 2.75) is 51.0 Å². The lowest BCUT2D eigenvalue weighted by molar-refractivity contribution is -0.151. The molecule has 1 atom stereocenters. The molecule has 4 saturated carbocycles. The van der Waals surface area contributed by atoms with Crippen LogP contribution >= 0.6 is 0 Å². The van der Waals surface area contributed by atoms with E-state index in [0.29, 0.717) is 24.2 Å². The molecule has 4 heteroatoms. The van der Waals surface area contributed by atoms with Gasteiger partial charge in [-0.05, 0) is 68.3 Å². The second-order valence-electron chi connectivity index (χ2n) is 8.61. The highest BCUT2D eigenvalue weighted by Gasteiger charge is 2.54. The van der Waals surface area contributed by atoms with Gasteiger partial charge in [0.25, 0.3) is 0 Å². The lowest BCUT2D eigenvalue weighted by Crippen LogP contribution is -2.56. The van der Waals surface area contributed by atoms with Gasteiger partial charge in [0, 0.05) is 5.41 Å². The first kappa shape index (κ1) is 17.3. The normalized spacial score (nSPS) is 33.3. The van der Waals surface area contributed by atoms with Crippen molar-refractivity contribution in [1.29, 1.82) is 0 Å². The average molecular weight is 353 g/mol. The molecular formula is C22H27NO3. The van der Waals surface area contributed by atoms with E-state index in [1.54, 1.807) is 0 Å². The van der Waals surface area contributed by atoms with Crippen LogP contribution in [0.5, 0.6) is 0 Å². The van der Waals surface area contributed by atoms with Crippen molar-refractivity contribution < 1.29 is 14.7 Å². The van der Waals surface area contributed by atoms with Gasteiger partial charge in [-0.3, -0.25) is 4.79 Å². The highest BCUT2D eigenvalue weighted by atomic mass is 16.4. The average Bonchev–Trinajstić information content (AvgIpc) is 2.60. The Labute approximate surface area is 154 Å². The number of rotatable bonds is 6. The fourth-order valence-electron chi connectivity index (χ4n) is 5.83. The van der Waals surface area contributed by atoms with Gasteiger partial charge in [0.05, 0.1) is 0 Å². The van der Waals surface area contributed by atoms with Crippen molar-refractivity contribution in [1.82, 2.24) is 5.32 Å². The molecule has 0 radical (unpaired) electrons. The van der Waals surface area contributed by atoms with Gasteiger partial charge >= 0.3 is 5.97 Å². The Balaban J connectivity index is 1.41. The van der Waals surface area contributed by atoms with Gasteiger partial charge in [0.2, 0.25) is 5.91 Å². The Kier molecular flexibility index (Phi) is 4.60. The number of carbonyl (C=O) groups is 2. The largest absolute Gasteiger partial charge is 0.480 e. The third-order valence-electron chi connectivity index (χ3n) is 6.60. The Hall–Kier alpha value is -2.10. The van der Waals surface area contributed by atoms with E-state index in [1.165, 1.54) is 19.3 Å². The summed E-state index contributed by atoms with van der Waals surface area (Å²) in [5, 5.41) is 12.4. The van der Waals surface area contributed by atoms with E-state index in [1.807, 2.05) is 42.5 Å². The minimum absolute atomic E-state index is 0.0166. The highest BCUT2D eigenvalue weighted by Crippen LogP contribution is 2.60. The maximum atomic E-state index is 13.0. The van der Waals surface area contributed by atoms with Gasteiger partial charge in [-0.1, -0.05) is 42.5 Å². The fraction of sp³-hybridized carbons (Fsp3) is 0.545. The molecule has 4 nitrogen and oxygen atoms in total. The van der Waals surface area contributed by atoms with Crippen LogP contribution < -0.4 is 5.32 Å². The number of nitrogens with one attached hydrogen (secondary N) is 1. The van der Waals surface area contributed by atoms with Crippen LogP contribution in [0.25, 0.3) is 6.08 Å². The maximum Gasteiger partial charge on any atom is 0.326 e. The second-order valence-corrected chi connectivity index (χ2v) is 8.61. The van der Waals surface area contributed by atoms with Crippen LogP contribution in [0.4, 0.5) is 0 Å². The summed E-state index contributed by atoms with van der Waals surface area (Å²) in [4.78, 5) is 24.7. The van der Waals surface area contributed by atoms with Crippen molar-refractivity contribution in [2.75, 3.05) is 0 Å². The van der Waals surface area contributed by atoms with E-state index in [-0.39, 0.29) is 11.3 Å². The fourth-order valence-corrected chi connectivity index (χ4v) is 5.83. The van der Waals surface area contributed by atoms with E-state index in [2.05, 4.69) is 5.32 Å². The van der Waals surface area contributed by atoms with Crippen LogP contribution in [-0.2, 0) is 9.59 Å². The molecule has 4 bridgehead atoms. The Bertz CT molecular complexity index is 674. The highest BCUT2D eigenvalue weighted by molar-refractivity contribution is 5.88. The molecule has 5 rings (SSSR count). The van der Waals surface area contributed by atoms with Gasteiger partial charge < -0.3 is 10.4 Å². The number of hydrogen-bond donors (Lipinski definition) is 2. The molecule has 0 spiro atoms. The zero-order chi connectivity index (χ0) is 18.1. The zero-order valence-corrected chi connectivity index (χ0v) is 15.1. The summed E-state index contributed by atoms with van der Waals surface area (Å²) in [5.41, 5.74) is 0.732. The van der Waals surface area contributed by atoms with Crippen LogP contribution in [0.15, 0.2) is 36.4 Å². The number of carbonyl (C=O) groups excluding carboxylic acids is 1. The van der Waals surface area contributed by atoms with Crippen molar-refractivity contribution >= 4 is 18.0 Å². The van der Waals surface area contributed by atoms with E-state index < -0.39 is 12.0 Å². The molecule has 4 fully saturated rings. The van der Waals surface area contributed by atoms with Crippen LogP contribution in [0.2, 0.25) is 0 Å². The summed E-state index contributed by atoms with van der Waals surface area (Å²) < 4.78 is 0. The topological polar surface area (TPSA) is 66.4 Å². The van der Waals surface area contributed by atoms with E-state index in [9.17, 15) is 14.7 Å². The Morgan fingerprint density at radius 3 is 2.19 bits per heavy atom. The number of carboxylic acid groups (broad SMARTS) is 1. The number of carboxylic acids is 1. The molecule has 0 unspecified atom stereocenters. The number of hydrogen-bond acceptors (Lipinski definition) is 2. The van der Waals surface area contributed by atoms with E-state index in [4.69, 9.17) is 0 Å². The van der Waals surface area contributed by atoms with Crippen molar-refractivity contribution in [3.8, 4) is 0 Å². The summed E-state index contributed by atoms with van der Waals surface area (Å²) in [6.07, 6.45) is 10.7. The molecule has 26 heavy (non-hydrogen) atoms. The van der Waals surface area contributed by atoms with Gasteiger partial charge in [-0.2, -0.15) is 0 Å². The third kappa shape index (κ3) is 3.42. The van der Waals surface area contributed by atoms with E-state index in [0.717, 1.165) is 24.8 Å². The molecule has 4 aliphatic rings. The van der Waals surface area contributed by atoms with Crippen LogP contribution in [-0.4, -0.2) is 23.0 Å².